The average molecular weight is 547 g/mol. The van der Waals surface area contributed by atoms with Crippen LogP contribution in [0.15, 0.2) is 68.3 Å². The van der Waals surface area contributed by atoms with E-state index in [1.807, 2.05) is 0 Å². The molecule has 2 aliphatic rings. The van der Waals surface area contributed by atoms with Crippen molar-refractivity contribution in [2.75, 3.05) is 39.3 Å². The van der Waals surface area contributed by atoms with E-state index in [-0.39, 0.29) is 9.79 Å². The summed E-state index contributed by atoms with van der Waals surface area (Å²) in [5, 5.41) is 6.34. The van der Waals surface area contributed by atoms with Crippen molar-refractivity contribution in [2.45, 2.75) is 41.9 Å². The molecule has 2 aromatic rings. The van der Waals surface area contributed by atoms with Gasteiger partial charge in [-0.25, -0.2) is 26.3 Å². The molecule has 12 heteroatoms. The number of rotatable bonds is 14. The number of nitrogens with one attached hydrogen (secondary N) is 4. The Balaban J connectivity index is 1.09. The molecule has 0 radical (unpaired) electrons. The fourth-order valence-corrected chi connectivity index (χ4v) is 6.27. The van der Waals surface area contributed by atoms with Gasteiger partial charge in [-0.05, 0) is 61.4 Å². The third-order valence-electron chi connectivity index (χ3n) is 6.16. The quantitative estimate of drug-likeness (QED) is 0.265. The van der Waals surface area contributed by atoms with Crippen LogP contribution in [0, 0.1) is 0 Å². The molecule has 0 saturated carbocycles. The normalized spacial score (nSPS) is 15.7. The van der Waals surface area contributed by atoms with Crippen LogP contribution in [0.3, 0.4) is 0 Å². The molecule has 10 nitrogen and oxygen atoms in total. The smallest absolute Gasteiger partial charge is 0.240 e. The number of benzene rings is 2. The molecule has 0 fully saturated rings. The van der Waals surface area contributed by atoms with Gasteiger partial charge < -0.3 is 10.6 Å². The molecule has 0 aromatic heterocycles. The van der Waals surface area contributed by atoms with E-state index < -0.39 is 20.0 Å². The fraction of sp³-hybridized carbons (Fsp3) is 0.440. The van der Waals surface area contributed by atoms with Crippen LogP contribution in [0.5, 0.6) is 0 Å². The van der Waals surface area contributed by atoms with E-state index in [1.165, 1.54) is 0 Å². The van der Waals surface area contributed by atoms with Crippen molar-refractivity contribution in [3.8, 4) is 0 Å². The molecular weight excluding hydrogens is 512 g/mol. The number of nitrogens with zero attached hydrogens (tertiary/aromatic N) is 2. The first kappa shape index (κ1) is 27.2. The molecule has 0 atom stereocenters. The minimum Gasteiger partial charge on any atom is -0.368 e. The van der Waals surface area contributed by atoms with Gasteiger partial charge in [0.25, 0.3) is 0 Å². The summed E-state index contributed by atoms with van der Waals surface area (Å²) in [6.07, 6.45) is 4.06. The summed E-state index contributed by atoms with van der Waals surface area (Å²) in [5.41, 5.74) is 1.76. The predicted octanol–water partition coefficient (Wildman–Crippen LogP) is 1.59. The molecular formula is C25H34N6O4S2. The SMILES string of the molecule is O=S(=O)(NCCCCCCCNS(=O)(=O)c1ccc(C2=NCCN2)cc1)c1ccc(C2=NCCN2)cc1. The summed E-state index contributed by atoms with van der Waals surface area (Å²) in [6.45, 7) is 3.80. The van der Waals surface area contributed by atoms with Crippen molar-refractivity contribution in [1.82, 2.24) is 20.1 Å². The largest absolute Gasteiger partial charge is 0.368 e. The monoisotopic (exact) mass is 546 g/mol. The zero-order valence-corrected chi connectivity index (χ0v) is 22.4. The van der Waals surface area contributed by atoms with Crippen LogP contribution in [0.2, 0.25) is 0 Å². The molecule has 4 rings (SSSR count). The minimum atomic E-state index is -3.55. The number of hydrogen-bond donors (Lipinski definition) is 4. The molecule has 0 spiro atoms. The van der Waals surface area contributed by atoms with Gasteiger partial charge in [-0.15, -0.1) is 0 Å². The van der Waals surface area contributed by atoms with E-state index in [1.54, 1.807) is 48.5 Å². The topological polar surface area (TPSA) is 141 Å². The van der Waals surface area contributed by atoms with E-state index in [0.29, 0.717) is 13.1 Å². The van der Waals surface area contributed by atoms with Crippen LogP contribution >= 0.6 is 0 Å². The van der Waals surface area contributed by atoms with Gasteiger partial charge in [0.05, 0.1) is 22.9 Å². The first-order valence-electron chi connectivity index (χ1n) is 12.6. The Morgan fingerprint density at radius 3 is 1.32 bits per heavy atom. The van der Waals surface area contributed by atoms with Crippen molar-refractivity contribution in [1.29, 1.82) is 0 Å². The fourth-order valence-electron chi connectivity index (χ4n) is 4.13. The van der Waals surface area contributed by atoms with Crippen molar-refractivity contribution in [3.63, 3.8) is 0 Å². The summed E-state index contributed by atoms with van der Waals surface area (Å²) in [6, 6.07) is 13.4. The van der Waals surface area contributed by atoms with Crippen LogP contribution in [-0.2, 0) is 20.0 Å². The molecule has 200 valence electrons. The standard InChI is InChI=1S/C25H34N6O4S2/c32-36(33,22-10-6-20(7-11-22)24-26-16-17-27-24)30-14-4-2-1-3-5-15-31-37(34,35)23-12-8-21(9-13-23)25-28-18-19-29-25/h6-13,30-31H,1-5,14-19H2,(H,26,27)(H,28,29). The van der Waals surface area contributed by atoms with Gasteiger partial charge in [0.15, 0.2) is 0 Å². The summed E-state index contributed by atoms with van der Waals surface area (Å²) >= 11 is 0. The first-order chi connectivity index (χ1) is 17.9. The van der Waals surface area contributed by atoms with Gasteiger partial charge in [0.1, 0.15) is 11.7 Å². The molecule has 2 heterocycles. The van der Waals surface area contributed by atoms with E-state index in [9.17, 15) is 16.8 Å². The Kier molecular flexibility index (Phi) is 9.30. The summed E-state index contributed by atoms with van der Waals surface area (Å²) in [5.74, 6) is 1.60. The lowest BCUT2D eigenvalue weighted by Gasteiger charge is -2.09. The Hall–Kier alpha value is -2.80. The maximum Gasteiger partial charge on any atom is 0.240 e. The summed E-state index contributed by atoms with van der Waals surface area (Å²) < 4.78 is 55.3. The van der Waals surface area contributed by atoms with Gasteiger partial charge in [0.2, 0.25) is 20.0 Å². The molecule has 2 aromatic carbocycles. The molecule has 0 aliphatic carbocycles. The van der Waals surface area contributed by atoms with Crippen molar-refractivity contribution >= 4 is 31.7 Å². The van der Waals surface area contributed by atoms with Gasteiger partial charge in [-0.1, -0.05) is 19.3 Å². The molecule has 37 heavy (non-hydrogen) atoms. The van der Waals surface area contributed by atoms with Crippen LogP contribution in [0.25, 0.3) is 0 Å². The highest BCUT2D eigenvalue weighted by Gasteiger charge is 2.16. The van der Waals surface area contributed by atoms with Gasteiger partial charge >= 0.3 is 0 Å². The van der Waals surface area contributed by atoms with E-state index >= 15 is 0 Å². The minimum absolute atomic E-state index is 0.237. The van der Waals surface area contributed by atoms with Crippen LogP contribution in [-0.4, -0.2) is 67.8 Å². The molecule has 0 bridgehead atoms. The Bertz CT molecular complexity index is 1220. The van der Waals surface area contributed by atoms with E-state index in [4.69, 9.17) is 0 Å². The second-order valence-electron chi connectivity index (χ2n) is 8.93. The third-order valence-corrected chi connectivity index (χ3v) is 9.12. The maximum atomic E-state index is 12.5. The second kappa shape index (κ2) is 12.6. The number of aliphatic imine (C=N–C) groups is 2. The van der Waals surface area contributed by atoms with E-state index in [2.05, 4.69) is 30.1 Å². The molecule has 0 saturated heterocycles. The molecule has 0 amide bonds. The predicted molar refractivity (Wildman–Crippen MR) is 145 cm³/mol. The number of hydrogen-bond acceptors (Lipinski definition) is 8. The summed E-state index contributed by atoms with van der Waals surface area (Å²) in [7, 11) is -7.10. The highest BCUT2D eigenvalue weighted by atomic mass is 32.2. The van der Waals surface area contributed by atoms with Crippen LogP contribution in [0.4, 0.5) is 0 Å². The highest BCUT2D eigenvalue weighted by molar-refractivity contribution is 7.89. The zero-order chi connectivity index (χ0) is 26.1. The lowest BCUT2D eigenvalue weighted by Crippen LogP contribution is -2.25. The van der Waals surface area contributed by atoms with Crippen LogP contribution < -0.4 is 20.1 Å². The summed E-state index contributed by atoms with van der Waals surface area (Å²) in [4.78, 5) is 9.15. The maximum absolute atomic E-state index is 12.5. The number of unbranched alkanes of at least 4 members (excludes halogenated alkanes) is 4. The van der Waals surface area contributed by atoms with Crippen molar-refractivity contribution in [3.05, 3.63) is 59.7 Å². The molecule has 4 N–H and O–H groups in total. The third kappa shape index (κ3) is 7.60. The Labute approximate surface area is 219 Å². The van der Waals surface area contributed by atoms with Crippen molar-refractivity contribution in [2.24, 2.45) is 9.98 Å². The van der Waals surface area contributed by atoms with Crippen molar-refractivity contribution < 1.29 is 16.8 Å². The van der Waals surface area contributed by atoms with Gasteiger partial charge in [-0.3, -0.25) is 9.98 Å². The van der Waals surface area contributed by atoms with Gasteiger partial charge in [0, 0.05) is 37.3 Å². The average Bonchev–Trinajstić information content (AvgIpc) is 3.63. The Morgan fingerprint density at radius 1 is 0.595 bits per heavy atom. The first-order valence-corrected chi connectivity index (χ1v) is 15.6. The zero-order valence-electron chi connectivity index (χ0n) is 20.7. The highest BCUT2D eigenvalue weighted by Crippen LogP contribution is 2.14. The lowest BCUT2D eigenvalue weighted by molar-refractivity contribution is 0.562. The lowest BCUT2D eigenvalue weighted by atomic mass is 10.1. The Morgan fingerprint density at radius 2 is 0.973 bits per heavy atom. The van der Waals surface area contributed by atoms with Gasteiger partial charge in [-0.2, -0.15) is 0 Å². The van der Waals surface area contributed by atoms with Crippen LogP contribution in [0.1, 0.15) is 43.2 Å². The number of sulfonamides is 2. The number of amidine groups is 2. The molecule has 2 aliphatic heterocycles. The molecule has 0 unspecified atom stereocenters. The second-order valence-corrected chi connectivity index (χ2v) is 12.5. The van der Waals surface area contributed by atoms with E-state index in [0.717, 1.165) is 81.1 Å².